The number of ether oxygens (including phenoxy) is 1. The number of para-hydroxylation sites is 1. The first-order valence-corrected chi connectivity index (χ1v) is 8.08. The summed E-state index contributed by atoms with van der Waals surface area (Å²) in [6.45, 7) is 1.16. The number of nitrogens with one attached hydrogen (secondary N) is 1. The van der Waals surface area contributed by atoms with Crippen molar-refractivity contribution in [3.63, 3.8) is 0 Å². The highest BCUT2D eigenvalue weighted by molar-refractivity contribution is 6.30. The molecule has 1 amide bonds. The van der Waals surface area contributed by atoms with Crippen LogP contribution in [0.15, 0.2) is 42.7 Å². The van der Waals surface area contributed by atoms with Crippen molar-refractivity contribution in [2.45, 2.75) is 12.5 Å². The second kappa shape index (κ2) is 6.13. The van der Waals surface area contributed by atoms with Crippen LogP contribution in [0.3, 0.4) is 0 Å². The Hall–Kier alpha value is -2.60. The van der Waals surface area contributed by atoms with Crippen molar-refractivity contribution in [1.82, 2.24) is 19.9 Å². The maximum absolute atomic E-state index is 12.6. The fraction of sp³-hybridized carbons (Fsp3) is 0.235. The van der Waals surface area contributed by atoms with Crippen LogP contribution in [0.1, 0.15) is 16.9 Å². The number of H-pyrrole nitrogens is 1. The molecule has 1 N–H and O–H groups in total. The van der Waals surface area contributed by atoms with E-state index >= 15 is 0 Å². The molecule has 1 aliphatic heterocycles. The quantitative estimate of drug-likeness (QED) is 0.794. The largest absolute Gasteiger partial charge is 0.458 e. The lowest BCUT2D eigenvalue weighted by atomic mass is 10.2. The van der Waals surface area contributed by atoms with Gasteiger partial charge < -0.3 is 14.6 Å². The van der Waals surface area contributed by atoms with Crippen molar-refractivity contribution in [3.8, 4) is 6.01 Å². The number of carbonyl (C=O) groups is 1. The summed E-state index contributed by atoms with van der Waals surface area (Å²) in [5, 5.41) is 1.49. The number of halogens is 1. The molecule has 3 aromatic rings. The number of carbonyl (C=O) groups excluding carboxylic acids is 1. The molecule has 0 radical (unpaired) electrons. The Labute approximate surface area is 143 Å². The first-order valence-electron chi connectivity index (χ1n) is 7.70. The molecule has 6 nitrogen and oxygen atoms in total. The topological polar surface area (TPSA) is 71.1 Å². The number of rotatable bonds is 3. The van der Waals surface area contributed by atoms with Crippen LogP contribution in [-0.2, 0) is 0 Å². The summed E-state index contributed by atoms with van der Waals surface area (Å²) in [5.74, 6) is -0.0191. The van der Waals surface area contributed by atoms with Crippen LogP contribution < -0.4 is 4.74 Å². The minimum atomic E-state index is -0.112. The van der Waals surface area contributed by atoms with E-state index in [0.717, 1.165) is 17.3 Å². The number of aromatic nitrogens is 3. The zero-order valence-corrected chi connectivity index (χ0v) is 13.5. The van der Waals surface area contributed by atoms with Gasteiger partial charge in [-0.1, -0.05) is 29.8 Å². The first kappa shape index (κ1) is 15.0. The highest BCUT2D eigenvalue weighted by atomic mass is 35.5. The number of fused-ring (bicyclic) bond motifs is 1. The third-order valence-corrected chi connectivity index (χ3v) is 4.26. The zero-order valence-electron chi connectivity index (χ0n) is 12.8. The second-order valence-corrected chi connectivity index (χ2v) is 6.17. The molecule has 0 unspecified atom stereocenters. The SMILES string of the molecule is O=C(c1cc2ccccc2[nH]1)N1CC[C@@H](Oc2ncc(Cl)cn2)C1. The van der Waals surface area contributed by atoms with Gasteiger partial charge in [-0.25, -0.2) is 9.97 Å². The van der Waals surface area contributed by atoms with Gasteiger partial charge >= 0.3 is 6.01 Å². The zero-order chi connectivity index (χ0) is 16.5. The number of nitrogens with zero attached hydrogens (tertiary/aromatic N) is 3. The van der Waals surface area contributed by atoms with Crippen LogP contribution in [0, 0.1) is 0 Å². The summed E-state index contributed by atoms with van der Waals surface area (Å²) >= 11 is 5.76. The van der Waals surface area contributed by atoms with Crippen LogP contribution in [0.2, 0.25) is 5.02 Å². The van der Waals surface area contributed by atoms with Gasteiger partial charge in [0.2, 0.25) is 0 Å². The maximum atomic E-state index is 12.6. The highest BCUT2D eigenvalue weighted by Gasteiger charge is 2.29. The van der Waals surface area contributed by atoms with Crippen molar-refractivity contribution < 1.29 is 9.53 Å². The van der Waals surface area contributed by atoms with Crippen LogP contribution >= 0.6 is 11.6 Å². The Balaban J connectivity index is 1.44. The van der Waals surface area contributed by atoms with Crippen molar-refractivity contribution in [3.05, 3.63) is 53.4 Å². The Bertz CT molecular complexity index is 845. The van der Waals surface area contributed by atoms with E-state index in [1.54, 1.807) is 4.90 Å². The molecule has 24 heavy (non-hydrogen) atoms. The molecule has 1 saturated heterocycles. The minimum absolute atomic E-state index is 0.0191. The summed E-state index contributed by atoms with van der Waals surface area (Å²) in [6, 6.07) is 10.0. The summed E-state index contributed by atoms with van der Waals surface area (Å²) in [6.07, 6.45) is 3.62. The molecular formula is C17H15ClN4O2. The van der Waals surface area contributed by atoms with Crippen LogP contribution in [-0.4, -0.2) is 45.0 Å². The number of aromatic amines is 1. The molecule has 3 heterocycles. The van der Waals surface area contributed by atoms with Gasteiger partial charge in [-0.2, -0.15) is 0 Å². The summed E-state index contributed by atoms with van der Waals surface area (Å²) < 4.78 is 5.72. The monoisotopic (exact) mass is 342 g/mol. The van der Waals surface area contributed by atoms with Gasteiger partial charge in [0.15, 0.2) is 0 Å². The third kappa shape index (κ3) is 2.92. The smallest absolute Gasteiger partial charge is 0.316 e. The molecule has 1 atom stereocenters. The lowest BCUT2D eigenvalue weighted by Crippen LogP contribution is -2.31. The second-order valence-electron chi connectivity index (χ2n) is 5.73. The standard InChI is InChI=1S/C17H15ClN4O2/c18-12-8-19-17(20-9-12)24-13-5-6-22(10-13)16(23)15-7-11-3-1-2-4-14(11)21-15/h1-4,7-9,13,21H,5-6,10H2/t13-/m1/s1. The molecule has 7 heteroatoms. The molecule has 0 spiro atoms. The predicted octanol–water partition coefficient (Wildman–Crippen LogP) is 2.90. The van der Waals surface area contributed by atoms with Crippen LogP contribution in [0.25, 0.3) is 10.9 Å². The minimum Gasteiger partial charge on any atom is -0.458 e. The lowest BCUT2D eigenvalue weighted by Gasteiger charge is -2.15. The molecule has 122 valence electrons. The fourth-order valence-corrected chi connectivity index (χ4v) is 2.98. The third-order valence-electron chi connectivity index (χ3n) is 4.06. The van der Waals surface area contributed by atoms with Gasteiger partial charge in [0.05, 0.1) is 24.0 Å². The van der Waals surface area contributed by atoms with E-state index in [2.05, 4.69) is 15.0 Å². The van der Waals surface area contributed by atoms with Gasteiger partial charge in [0.1, 0.15) is 11.8 Å². The van der Waals surface area contributed by atoms with E-state index in [1.165, 1.54) is 12.4 Å². The summed E-state index contributed by atoms with van der Waals surface area (Å²) in [5.41, 5.74) is 1.56. The Morgan fingerprint density at radius 1 is 1.29 bits per heavy atom. The number of likely N-dealkylation sites (tertiary alicyclic amines) is 1. The highest BCUT2D eigenvalue weighted by Crippen LogP contribution is 2.20. The molecule has 0 saturated carbocycles. The van der Waals surface area contributed by atoms with E-state index in [9.17, 15) is 4.79 Å². The Morgan fingerprint density at radius 3 is 2.88 bits per heavy atom. The normalized spacial score (nSPS) is 17.4. The predicted molar refractivity (Wildman–Crippen MR) is 90.3 cm³/mol. The molecule has 2 aromatic heterocycles. The number of hydrogen-bond donors (Lipinski definition) is 1. The Morgan fingerprint density at radius 2 is 2.08 bits per heavy atom. The van der Waals surface area contributed by atoms with E-state index in [4.69, 9.17) is 16.3 Å². The molecule has 1 fully saturated rings. The number of hydrogen-bond acceptors (Lipinski definition) is 4. The fourth-order valence-electron chi connectivity index (χ4n) is 2.88. The maximum Gasteiger partial charge on any atom is 0.316 e. The van der Waals surface area contributed by atoms with Crippen molar-refractivity contribution in [2.75, 3.05) is 13.1 Å². The van der Waals surface area contributed by atoms with E-state index < -0.39 is 0 Å². The van der Waals surface area contributed by atoms with Gasteiger partial charge in [-0.05, 0) is 12.1 Å². The van der Waals surface area contributed by atoms with Gasteiger partial charge in [0.25, 0.3) is 5.91 Å². The van der Waals surface area contributed by atoms with E-state index in [-0.39, 0.29) is 18.0 Å². The molecular weight excluding hydrogens is 328 g/mol. The van der Waals surface area contributed by atoms with Crippen molar-refractivity contribution in [1.29, 1.82) is 0 Å². The molecule has 0 aliphatic carbocycles. The van der Waals surface area contributed by atoms with E-state index in [1.807, 2.05) is 30.3 Å². The molecule has 0 bridgehead atoms. The number of benzene rings is 1. The summed E-state index contributed by atoms with van der Waals surface area (Å²) in [7, 11) is 0. The van der Waals surface area contributed by atoms with Crippen molar-refractivity contribution in [2.24, 2.45) is 0 Å². The average Bonchev–Trinajstić information content (AvgIpc) is 3.23. The summed E-state index contributed by atoms with van der Waals surface area (Å²) in [4.78, 5) is 25.7. The van der Waals surface area contributed by atoms with Crippen LogP contribution in [0.4, 0.5) is 0 Å². The van der Waals surface area contributed by atoms with E-state index in [0.29, 0.717) is 23.8 Å². The van der Waals surface area contributed by atoms with Gasteiger partial charge in [0, 0.05) is 23.9 Å². The molecule has 1 aromatic carbocycles. The number of amides is 1. The Kier molecular flexibility index (Phi) is 3.82. The lowest BCUT2D eigenvalue weighted by molar-refractivity contribution is 0.0765. The van der Waals surface area contributed by atoms with Crippen molar-refractivity contribution >= 4 is 28.4 Å². The molecule has 1 aliphatic rings. The van der Waals surface area contributed by atoms with Gasteiger partial charge in [-0.15, -0.1) is 0 Å². The molecule has 4 rings (SSSR count). The van der Waals surface area contributed by atoms with Crippen LogP contribution in [0.5, 0.6) is 6.01 Å². The first-order chi connectivity index (χ1) is 11.7. The van der Waals surface area contributed by atoms with Gasteiger partial charge in [-0.3, -0.25) is 4.79 Å². The average molecular weight is 343 g/mol.